The summed E-state index contributed by atoms with van der Waals surface area (Å²) in [5, 5.41) is 13.8. The maximum absolute atomic E-state index is 11.8. The predicted molar refractivity (Wildman–Crippen MR) is 91.3 cm³/mol. The normalized spacial score (nSPS) is 10.6. The van der Waals surface area contributed by atoms with E-state index >= 15 is 0 Å². The number of halogens is 1. The van der Waals surface area contributed by atoms with Crippen LogP contribution in [0.2, 0.25) is 0 Å². The van der Waals surface area contributed by atoms with Crippen molar-refractivity contribution in [2.24, 2.45) is 5.10 Å². The first-order valence-electron chi connectivity index (χ1n) is 6.50. The van der Waals surface area contributed by atoms with Crippen molar-refractivity contribution in [1.29, 1.82) is 0 Å². The lowest BCUT2D eigenvalue weighted by atomic mass is 10.2. The van der Waals surface area contributed by atoms with E-state index in [2.05, 4.69) is 15.5 Å². The molecule has 0 aliphatic carbocycles. The molecule has 1 aromatic heterocycles. The molecule has 0 unspecified atom stereocenters. The summed E-state index contributed by atoms with van der Waals surface area (Å²) < 4.78 is 5.99. The molecule has 0 spiro atoms. The second-order valence-corrected chi connectivity index (χ2v) is 5.39. The number of phenolic OH excluding ortho intramolecular Hbond substituents is 1. The number of rotatable bonds is 5. The van der Waals surface area contributed by atoms with Gasteiger partial charge in [0.25, 0.3) is 5.91 Å². The molecule has 1 amide bonds. The Morgan fingerprint density at radius 2 is 2.36 bits per heavy atom. The van der Waals surface area contributed by atoms with E-state index in [0.717, 1.165) is 0 Å². The van der Waals surface area contributed by atoms with Gasteiger partial charge in [0.2, 0.25) is 0 Å². The molecule has 0 aliphatic rings. The topological polar surface area (TPSA) is 83.8 Å². The number of nitrogens with zero attached hydrogens (tertiary/aromatic N) is 2. The highest BCUT2D eigenvalue weighted by Crippen LogP contribution is 2.32. The first-order valence-corrected chi connectivity index (χ1v) is 7.58. The number of hydrogen-bond donors (Lipinski definition) is 2. The summed E-state index contributed by atoms with van der Waals surface area (Å²) in [4.78, 5) is 15.7. The maximum Gasteiger partial charge on any atom is 0.272 e. The third kappa shape index (κ3) is 4.17. The van der Waals surface area contributed by atoms with Gasteiger partial charge >= 0.3 is 0 Å². The van der Waals surface area contributed by atoms with Gasteiger partial charge in [0.1, 0.15) is 0 Å². The lowest BCUT2D eigenvalue weighted by Crippen LogP contribution is -2.17. The molecule has 0 aliphatic heterocycles. The zero-order valence-electron chi connectivity index (χ0n) is 11.8. The highest BCUT2D eigenvalue weighted by atomic mass is 127. The average Bonchev–Trinajstić information content (AvgIpc) is 2.53. The second-order valence-electron chi connectivity index (χ2n) is 4.22. The van der Waals surface area contributed by atoms with Crippen molar-refractivity contribution in [3.05, 3.63) is 51.4 Å². The first kappa shape index (κ1) is 16.2. The SMILES string of the molecule is CCOc1cc(C=NNC(=O)c2cccnc2)cc(I)c1O. The van der Waals surface area contributed by atoms with E-state index in [-0.39, 0.29) is 11.7 Å². The molecule has 0 radical (unpaired) electrons. The first-order chi connectivity index (χ1) is 10.6. The van der Waals surface area contributed by atoms with Crippen molar-refractivity contribution in [1.82, 2.24) is 10.4 Å². The van der Waals surface area contributed by atoms with E-state index in [0.29, 0.717) is 27.1 Å². The molecule has 2 rings (SSSR count). The van der Waals surface area contributed by atoms with Crippen molar-refractivity contribution in [3.63, 3.8) is 0 Å². The minimum atomic E-state index is -0.345. The number of phenols is 1. The van der Waals surface area contributed by atoms with Crippen LogP contribution in [0.3, 0.4) is 0 Å². The van der Waals surface area contributed by atoms with Crippen LogP contribution in [0.1, 0.15) is 22.8 Å². The Kier molecular flexibility index (Phi) is 5.70. The van der Waals surface area contributed by atoms with Gasteiger partial charge in [0.15, 0.2) is 11.5 Å². The van der Waals surface area contributed by atoms with Crippen LogP contribution >= 0.6 is 22.6 Å². The van der Waals surface area contributed by atoms with Crippen molar-refractivity contribution in [2.75, 3.05) is 6.61 Å². The number of carbonyl (C=O) groups is 1. The van der Waals surface area contributed by atoms with E-state index < -0.39 is 0 Å². The minimum absolute atomic E-state index is 0.0963. The van der Waals surface area contributed by atoms with E-state index in [1.807, 2.05) is 29.5 Å². The van der Waals surface area contributed by atoms with Gasteiger partial charge in [-0.3, -0.25) is 9.78 Å². The third-order valence-electron chi connectivity index (χ3n) is 2.65. The van der Waals surface area contributed by atoms with Gasteiger partial charge in [-0.1, -0.05) is 0 Å². The summed E-state index contributed by atoms with van der Waals surface area (Å²) >= 11 is 2.00. The molecule has 0 atom stereocenters. The van der Waals surface area contributed by atoms with Crippen LogP contribution in [0, 0.1) is 3.57 Å². The Morgan fingerprint density at radius 1 is 1.55 bits per heavy atom. The summed E-state index contributed by atoms with van der Waals surface area (Å²) in [5.74, 6) is 0.135. The molecular formula is C15H14IN3O3. The van der Waals surface area contributed by atoms with Crippen LogP contribution < -0.4 is 10.2 Å². The van der Waals surface area contributed by atoms with Gasteiger partial charge in [0, 0.05) is 12.4 Å². The lowest BCUT2D eigenvalue weighted by molar-refractivity contribution is 0.0955. The fraction of sp³-hybridized carbons (Fsp3) is 0.133. The Hall–Kier alpha value is -2.16. The molecular weight excluding hydrogens is 397 g/mol. The minimum Gasteiger partial charge on any atom is -0.504 e. The van der Waals surface area contributed by atoms with Crippen LogP contribution in [0.5, 0.6) is 11.5 Å². The van der Waals surface area contributed by atoms with Gasteiger partial charge in [-0.2, -0.15) is 5.10 Å². The monoisotopic (exact) mass is 411 g/mol. The molecule has 6 nitrogen and oxygen atoms in total. The van der Waals surface area contributed by atoms with E-state index in [4.69, 9.17) is 4.74 Å². The summed E-state index contributed by atoms with van der Waals surface area (Å²) in [7, 11) is 0. The van der Waals surface area contributed by atoms with Crippen LogP contribution in [0.25, 0.3) is 0 Å². The quantitative estimate of drug-likeness (QED) is 0.450. The zero-order valence-corrected chi connectivity index (χ0v) is 13.9. The van der Waals surface area contributed by atoms with Crippen LogP contribution in [0.4, 0.5) is 0 Å². The van der Waals surface area contributed by atoms with Crippen molar-refractivity contribution in [2.45, 2.75) is 6.92 Å². The molecule has 2 aromatic rings. The second kappa shape index (κ2) is 7.74. The fourth-order valence-electron chi connectivity index (χ4n) is 1.66. The summed E-state index contributed by atoms with van der Waals surface area (Å²) in [6.07, 6.45) is 4.54. The Bertz CT molecular complexity index is 690. The van der Waals surface area contributed by atoms with Gasteiger partial charge < -0.3 is 9.84 Å². The number of aromatic hydroxyl groups is 1. The molecule has 0 saturated heterocycles. The van der Waals surface area contributed by atoms with E-state index in [1.54, 1.807) is 30.5 Å². The largest absolute Gasteiger partial charge is 0.504 e. The standard InChI is InChI=1S/C15H14IN3O3/c1-2-22-13-7-10(6-12(16)14(13)20)8-18-19-15(21)11-4-3-5-17-9-11/h3-9,20H,2H2,1H3,(H,19,21). The predicted octanol–water partition coefficient (Wildman–Crippen LogP) is 2.55. The molecule has 114 valence electrons. The smallest absolute Gasteiger partial charge is 0.272 e. The zero-order chi connectivity index (χ0) is 15.9. The maximum atomic E-state index is 11.8. The molecule has 1 heterocycles. The van der Waals surface area contributed by atoms with Gasteiger partial charge in [0.05, 0.1) is 22.0 Å². The van der Waals surface area contributed by atoms with Crippen LogP contribution in [-0.2, 0) is 0 Å². The Balaban J connectivity index is 2.09. The Labute approximate surface area is 141 Å². The number of aromatic nitrogens is 1. The van der Waals surface area contributed by atoms with Crippen LogP contribution in [0.15, 0.2) is 41.8 Å². The van der Waals surface area contributed by atoms with Crippen molar-refractivity contribution in [3.8, 4) is 11.5 Å². The molecule has 0 bridgehead atoms. The number of amides is 1. The van der Waals surface area contributed by atoms with Crippen molar-refractivity contribution < 1.29 is 14.6 Å². The molecule has 2 N–H and O–H groups in total. The van der Waals surface area contributed by atoms with Gasteiger partial charge in [-0.15, -0.1) is 0 Å². The number of hydrazone groups is 1. The lowest BCUT2D eigenvalue weighted by Gasteiger charge is -2.08. The summed E-state index contributed by atoms with van der Waals surface area (Å²) in [6, 6.07) is 6.71. The molecule has 0 saturated carbocycles. The van der Waals surface area contributed by atoms with E-state index in [1.165, 1.54) is 12.4 Å². The molecule has 1 aromatic carbocycles. The number of pyridine rings is 1. The fourth-order valence-corrected chi connectivity index (χ4v) is 2.29. The number of nitrogens with one attached hydrogen (secondary N) is 1. The number of benzene rings is 1. The summed E-state index contributed by atoms with van der Waals surface area (Å²) in [5.41, 5.74) is 3.55. The number of hydrogen-bond acceptors (Lipinski definition) is 5. The van der Waals surface area contributed by atoms with Crippen molar-refractivity contribution >= 4 is 34.7 Å². The highest BCUT2D eigenvalue weighted by Gasteiger charge is 2.08. The number of carbonyl (C=O) groups excluding carboxylic acids is 1. The molecule has 7 heteroatoms. The Morgan fingerprint density at radius 3 is 3.05 bits per heavy atom. The van der Waals surface area contributed by atoms with Gasteiger partial charge in [-0.05, 0) is 59.3 Å². The molecule has 22 heavy (non-hydrogen) atoms. The van der Waals surface area contributed by atoms with Crippen LogP contribution in [-0.4, -0.2) is 28.8 Å². The summed E-state index contributed by atoms with van der Waals surface area (Å²) in [6.45, 7) is 2.28. The van der Waals surface area contributed by atoms with Gasteiger partial charge in [-0.25, -0.2) is 5.43 Å². The average molecular weight is 411 g/mol. The molecule has 0 fully saturated rings. The number of ether oxygens (including phenoxy) is 1. The highest BCUT2D eigenvalue weighted by molar-refractivity contribution is 14.1. The van der Waals surface area contributed by atoms with E-state index in [9.17, 15) is 9.90 Å². The third-order valence-corrected chi connectivity index (χ3v) is 3.48.